The Morgan fingerprint density at radius 1 is 1.12 bits per heavy atom. The fourth-order valence-electron chi connectivity index (χ4n) is 1.58. The molecule has 0 atom stereocenters. The summed E-state index contributed by atoms with van der Waals surface area (Å²) < 4.78 is 12.0. The monoisotopic (exact) mass is 234 g/mol. The van der Waals surface area contributed by atoms with Crippen molar-refractivity contribution in [1.82, 2.24) is 15.0 Å². The van der Waals surface area contributed by atoms with Crippen molar-refractivity contribution in [3.8, 4) is 5.69 Å². The summed E-state index contributed by atoms with van der Waals surface area (Å²) >= 11 is 0. The van der Waals surface area contributed by atoms with Crippen LogP contribution in [0.2, 0.25) is 0 Å². The molecule has 0 spiro atoms. The van der Waals surface area contributed by atoms with E-state index in [1.807, 2.05) is 24.3 Å². The van der Waals surface area contributed by atoms with Crippen LogP contribution in [0.5, 0.6) is 0 Å². The van der Waals surface area contributed by atoms with Gasteiger partial charge in [0.05, 0.1) is 24.8 Å². The number of hydrogen-bond donors (Lipinski definition) is 1. The predicted molar refractivity (Wildman–Crippen MR) is 65.1 cm³/mol. The molecule has 0 saturated carbocycles. The predicted octanol–water partition coefficient (Wildman–Crippen LogP) is 2.43. The second-order valence-electron chi connectivity index (χ2n) is 3.66. The highest BCUT2D eigenvalue weighted by atomic mass is 19.1. The number of aromatic nitrogens is 3. The van der Waals surface area contributed by atoms with Crippen molar-refractivity contribution in [3.05, 3.63) is 36.7 Å². The third kappa shape index (κ3) is 3.03. The molecule has 4 nitrogen and oxygen atoms in total. The molecule has 2 aromatic rings. The Hall–Kier alpha value is -1.91. The molecule has 0 bridgehead atoms. The zero-order valence-corrected chi connectivity index (χ0v) is 9.51. The number of alkyl halides is 1. The fourth-order valence-corrected chi connectivity index (χ4v) is 1.58. The molecule has 17 heavy (non-hydrogen) atoms. The number of benzene rings is 1. The van der Waals surface area contributed by atoms with Crippen LogP contribution in [-0.4, -0.2) is 28.2 Å². The average molecular weight is 234 g/mol. The lowest BCUT2D eigenvalue weighted by Gasteiger charge is -2.10. The Morgan fingerprint density at radius 3 is 2.65 bits per heavy atom. The van der Waals surface area contributed by atoms with E-state index in [2.05, 4.69) is 15.5 Å². The van der Waals surface area contributed by atoms with Gasteiger partial charge in [-0.15, -0.1) is 4.80 Å². The van der Waals surface area contributed by atoms with E-state index in [9.17, 15) is 4.39 Å². The minimum absolute atomic E-state index is 0.260. The van der Waals surface area contributed by atoms with Crippen LogP contribution in [0.1, 0.15) is 12.8 Å². The standard InChI is InChI=1S/C12H15FN4/c13-7-3-4-8-14-11-5-1-2-6-12(11)17-15-9-10-16-17/h1-2,5-6,9-10,14H,3-4,7-8H2. The second-order valence-corrected chi connectivity index (χ2v) is 3.66. The number of hydrogen-bond acceptors (Lipinski definition) is 3. The van der Waals surface area contributed by atoms with Gasteiger partial charge in [-0.05, 0) is 25.0 Å². The maximum Gasteiger partial charge on any atom is 0.109 e. The van der Waals surface area contributed by atoms with Crippen molar-refractivity contribution in [3.63, 3.8) is 0 Å². The summed E-state index contributed by atoms with van der Waals surface area (Å²) in [5.74, 6) is 0. The van der Waals surface area contributed by atoms with Gasteiger partial charge in [-0.2, -0.15) is 10.2 Å². The van der Waals surface area contributed by atoms with Gasteiger partial charge < -0.3 is 5.32 Å². The Balaban J connectivity index is 2.06. The van der Waals surface area contributed by atoms with Crippen molar-refractivity contribution in [2.24, 2.45) is 0 Å². The maximum atomic E-state index is 12.0. The van der Waals surface area contributed by atoms with Gasteiger partial charge in [0.1, 0.15) is 5.69 Å². The molecular weight excluding hydrogens is 219 g/mol. The molecule has 1 aromatic heterocycles. The third-order valence-electron chi connectivity index (χ3n) is 2.41. The van der Waals surface area contributed by atoms with Crippen LogP contribution in [0.15, 0.2) is 36.7 Å². The highest BCUT2D eigenvalue weighted by Gasteiger charge is 2.03. The Bertz CT molecular complexity index is 442. The summed E-state index contributed by atoms with van der Waals surface area (Å²) in [6.45, 7) is 0.492. The minimum Gasteiger partial charge on any atom is -0.383 e. The first kappa shape index (κ1) is 11.6. The number of halogens is 1. The van der Waals surface area contributed by atoms with Gasteiger partial charge in [0, 0.05) is 6.54 Å². The molecule has 1 heterocycles. The summed E-state index contributed by atoms with van der Waals surface area (Å²) in [4.78, 5) is 1.57. The summed E-state index contributed by atoms with van der Waals surface area (Å²) in [6.07, 6.45) is 4.69. The molecule has 0 amide bonds. The minimum atomic E-state index is -0.260. The summed E-state index contributed by atoms with van der Waals surface area (Å²) in [5, 5.41) is 11.5. The van der Waals surface area contributed by atoms with Gasteiger partial charge in [0.25, 0.3) is 0 Å². The first-order chi connectivity index (χ1) is 8.42. The number of nitrogens with zero attached hydrogens (tertiary/aromatic N) is 3. The van der Waals surface area contributed by atoms with E-state index in [0.29, 0.717) is 6.42 Å². The van der Waals surface area contributed by atoms with Crippen LogP contribution >= 0.6 is 0 Å². The molecule has 5 heteroatoms. The highest BCUT2D eigenvalue weighted by molar-refractivity contribution is 5.59. The summed E-state index contributed by atoms with van der Waals surface area (Å²) in [7, 11) is 0. The Kier molecular flexibility index (Phi) is 4.07. The molecule has 2 rings (SSSR count). The van der Waals surface area contributed by atoms with E-state index in [1.165, 1.54) is 0 Å². The van der Waals surface area contributed by atoms with Gasteiger partial charge in [-0.25, -0.2) is 0 Å². The molecule has 0 aliphatic carbocycles. The maximum absolute atomic E-state index is 12.0. The van der Waals surface area contributed by atoms with E-state index in [1.54, 1.807) is 17.2 Å². The lowest BCUT2D eigenvalue weighted by molar-refractivity contribution is 0.466. The third-order valence-corrected chi connectivity index (χ3v) is 2.41. The topological polar surface area (TPSA) is 42.7 Å². The van der Waals surface area contributed by atoms with E-state index >= 15 is 0 Å². The van der Waals surface area contributed by atoms with Crippen LogP contribution in [0.4, 0.5) is 10.1 Å². The number of para-hydroxylation sites is 2. The lowest BCUT2D eigenvalue weighted by atomic mass is 10.2. The van der Waals surface area contributed by atoms with Crippen molar-refractivity contribution < 1.29 is 4.39 Å². The zero-order chi connectivity index (χ0) is 11.9. The fraction of sp³-hybridized carbons (Fsp3) is 0.333. The molecule has 0 saturated heterocycles. The summed E-state index contributed by atoms with van der Waals surface area (Å²) in [6, 6.07) is 7.79. The second kappa shape index (κ2) is 5.98. The Labute approximate surface area is 99.5 Å². The lowest BCUT2D eigenvalue weighted by Crippen LogP contribution is -2.07. The van der Waals surface area contributed by atoms with Crippen LogP contribution in [-0.2, 0) is 0 Å². The van der Waals surface area contributed by atoms with Gasteiger partial charge >= 0.3 is 0 Å². The number of unbranched alkanes of at least 4 members (excludes halogenated alkanes) is 1. The number of nitrogens with one attached hydrogen (secondary N) is 1. The van der Waals surface area contributed by atoms with Gasteiger partial charge in [-0.1, -0.05) is 12.1 Å². The van der Waals surface area contributed by atoms with E-state index < -0.39 is 0 Å². The molecule has 0 fully saturated rings. The SMILES string of the molecule is FCCCCNc1ccccc1-n1nccn1. The highest BCUT2D eigenvalue weighted by Crippen LogP contribution is 2.17. The molecule has 0 unspecified atom stereocenters. The molecule has 0 radical (unpaired) electrons. The van der Waals surface area contributed by atoms with Crippen molar-refractivity contribution in [1.29, 1.82) is 0 Å². The van der Waals surface area contributed by atoms with Crippen LogP contribution < -0.4 is 5.32 Å². The molecule has 90 valence electrons. The Morgan fingerprint density at radius 2 is 1.88 bits per heavy atom. The van der Waals surface area contributed by atoms with Crippen molar-refractivity contribution in [2.75, 3.05) is 18.5 Å². The molecule has 0 aliphatic heterocycles. The van der Waals surface area contributed by atoms with E-state index in [4.69, 9.17) is 0 Å². The smallest absolute Gasteiger partial charge is 0.109 e. The van der Waals surface area contributed by atoms with E-state index in [0.717, 1.165) is 24.3 Å². The first-order valence-corrected chi connectivity index (χ1v) is 5.67. The van der Waals surface area contributed by atoms with Crippen molar-refractivity contribution in [2.45, 2.75) is 12.8 Å². The molecule has 0 aliphatic rings. The van der Waals surface area contributed by atoms with Crippen LogP contribution in [0.25, 0.3) is 5.69 Å². The van der Waals surface area contributed by atoms with Crippen LogP contribution in [0, 0.1) is 0 Å². The normalized spacial score (nSPS) is 10.4. The van der Waals surface area contributed by atoms with Crippen LogP contribution in [0.3, 0.4) is 0 Å². The van der Waals surface area contributed by atoms with Gasteiger partial charge in [-0.3, -0.25) is 4.39 Å². The zero-order valence-electron chi connectivity index (χ0n) is 9.51. The average Bonchev–Trinajstić information content (AvgIpc) is 2.89. The van der Waals surface area contributed by atoms with E-state index in [-0.39, 0.29) is 6.67 Å². The number of rotatable bonds is 6. The molecule has 1 aromatic carbocycles. The van der Waals surface area contributed by atoms with Gasteiger partial charge in [0.2, 0.25) is 0 Å². The quantitative estimate of drug-likeness (QED) is 0.780. The van der Waals surface area contributed by atoms with Crippen molar-refractivity contribution >= 4 is 5.69 Å². The summed E-state index contributed by atoms with van der Waals surface area (Å²) in [5.41, 5.74) is 1.86. The number of anilines is 1. The first-order valence-electron chi connectivity index (χ1n) is 5.67. The molecule has 1 N–H and O–H groups in total. The largest absolute Gasteiger partial charge is 0.383 e. The van der Waals surface area contributed by atoms with Gasteiger partial charge in [0.15, 0.2) is 0 Å². The molecular formula is C12H15FN4.